The molecule has 0 fully saturated rings. The Morgan fingerprint density at radius 3 is 1.61 bits per heavy atom. The first-order valence-electron chi connectivity index (χ1n) is 19.8. The zero-order valence-electron chi connectivity index (χ0n) is 35.4. The number of carboxylic acid groups (broad SMARTS) is 1. The van der Waals surface area contributed by atoms with E-state index < -0.39 is 12.6 Å². The van der Waals surface area contributed by atoms with Crippen molar-refractivity contribution in [1.29, 1.82) is 15.8 Å². The summed E-state index contributed by atoms with van der Waals surface area (Å²) in [7, 11) is 0. The molecule has 350 valence electrons. The standard InChI is InChI=1S/2C12H12ClN3O.C8H7ClN2O.C6H7ClN2.C4H6BrN.C2H4O3/c13-9-3-4-11-10(7-9)15-12(8-17)16(11)6-2-1-5-14;13-9-3-4-10-11(7-9)16(6-2-1-5-14)12(8-17)15-10;9-5-1-2-6-7(3-5)11-8(4-12)10-6;7-4-1-2-5(8)6(9)3-4;5-3-1-2-4-6;3-1-2(4)5/h2*3-4,7,17H,1-2,6,8H2;1-3,12H,4H2,(H,10,11);1-3H,8-9H2;1-3H2;3H,1H2,(H,4,5). The van der Waals surface area contributed by atoms with Crippen molar-refractivity contribution in [1.82, 2.24) is 29.1 Å². The van der Waals surface area contributed by atoms with Gasteiger partial charge in [0.25, 0.3) is 0 Å². The summed E-state index contributed by atoms with van der Waals surface area (Å²) in [5.74, 6) is 0.595. The number of alkyl halides is 1. The highest BCUT2D eigenvalue weighted by atomic mass is 79.9. The monoisotopic (exact) mass is 1050 g/mol. The number of unbranched alkanes of at least 4 members (excludes halogenated alkanes) is 3. The molecule has 3 heterocycles. The molecule has 0 aliphatic heterocycles. The number of halogens is 5. The minimum Gasteiger partial charge on any atom is -0.480 e. The molecule has 0 aliphatic carbocycles. The number of hydrogen-bond acceptors (Lipinski definition) is 13. The number of nitriles is 3. The van der Waals surface area contributed by atoms with E-state index in [2.05, 4.69) is 48.0 Å². The van der Waals surface area contributed by atoms with E-state index in [1.165, 1.54) is 0 Å². The second-order valence-electron chi connectivity index (χ2n) is 13.2. The number of imidazole rings is 3. The van der Waals surface area contributed by atoms with Gasteiger partial charge in [0.05, 0.1) is 62.7 Å². The fraction of sp³-hybridized carbons (Fsp3) is 0.295. The molecule has 0 atom stereocenters. The first-order chi connectivity index (χ1) is 31.7. The summed E-state index contributed by atoms with van der Waals surface area (Å²) >= 11 is 26.4. The number of aliphatic hydroxyl groups excluding tert-OH is 4. The molecule has 0 saturated heterocycles. The quantitative estimate of drug-likeness (QED) is 0.0322. The molecular formula is C44H48BrCl4N11O6. The van der Waals surface area contributed by atoms with Gasteiger partial charge in [-0.05, 0) is 92.1 Å². The van der Waals surface area contributed by atoms with Crippen molar-refractivity contribution in [3.8, 4) is 18.2 Å². The third-order valence-corrected chi connectivity index (χ3v) is 9.95. The van der Waals surface area contributed by atoms with Crippen molar-refractivity contribution in [3.05, 3.63) is 110 Å². The molecule has 7 aromatic rings. The maximum atomic E-state index is 9.26. The van der Waals surface area contributed by atoms with Crippen molar-refractivity contribution in [2.45, 2.75) is 71.4 Å². The van der Waals surface area contributed by atoms with Crippen LogP contribution in [0.3, 0.4) is 0 Å². The summed E-state index contributed by atoms with van der Waals surface area (Å²) in [6, 6.07) is 27.5. The van der Waals surface area contributed by atoms with Crippen LogP contribution in [0.25, 0.3) is 33.1 Å². The Kier molecular flexibility index (Phi) is 26.7. The van der Waals surface area contributed by atoms with E-state index in [1.807, 2.05) is 39.5 Å². The highest BCUT2D eigenvalue weighted by Gasteiger charge is 2.11. The third-order valence-electron chi connectivity index (χ3n) is 8.45. The van der Waals surface area contributed by atoms with Gasteiger partial charge in [-0.1, -0.05) is 62.3 Å². The van der Waals surface area contributed by atoms with Crippen LogP contribution in [0.15, 0.2) is 72.8 Å². The Morgan fingerprint density at radius 2 is 1.11 bits per heavy atom. The number of nitrogens with one attached hydrogen (secondary N) is 1. The zero-order valence-corrected chi connectivity index (χ0v) is 40.0. The highest BCUT2D eigenvalue weighted by Crippen LogP contribution is 2.23. The molecule has 66 heavy (non-hydrogen) atoms. The Labute approximate surface area is 409 Å². The fourth-order valence-corrected chi connectivity index (χ4v) is 6.44. The number of anilines is 2. The average molecular weight is 1050 g/mol. The van der Waals surface area contributed by atoms with E-state index in [1.54, 1.807) is 48.5 Å². The normalized spacial score (nSPS) is 9.97. The number of nitrogens with zero attached hydrogens (tertiary/aromatic N) is 8. The summed E-state index contributed by atoms with van der Waals surface area (Å²) in [5, 5.41) is 70.8. The maximum Gasteiger partial charge on any atom is 0.329 e. The number of aliphatic hydroxyl groups is 4. The number of aryl methyl sites for hydroxylation is 2. The lowest BCUT2D eigenvalue weighted by atomic mass is 10.3. The molecule has 0 unspecified atom stereocenters. The van der Waals surface area contributed by atoms with E-state index in [4.69, 9.17) is 93.8 Å². The molecule has 0 aliphatic rings. The minimum absolute atomic E-state index is 0.0771. The van der Waals surface area contributed by atoms with Crippen molar-refractivity contribution < 1.29 is 30.3 Å². The second-order valence-corrected chi connectivity index (χ2v) is 15.8. The summed E-state index contributed by atoms with van der Waals surface area (Å²) < 4.78 is 3.85. The van der Waals surface area contributed by atoms with Gasteiger partial charge >= 0.3 is 5.97 Å². The lowest BCUT2D eigenvalue weighted by Crippen LogP contribution is -2.03. The van der Waals surface area contributed by atoms with Gasteiger partial charge in [0.15, 0.2) is 0 Å². The van der Waals surface area contributed by atoms with Crippen LogP contribution >= 0.6 is 62.3 Å². The van der Waals surface area contributed by atoms with Crippen molar-refractivity contribution >= 4 is 113 Å². The van der Waals surface area contributed by atoms with E-state index in [0.29, 0.717) is 81.3 Å². The van der Waals surface area contributed by atoms with Crippen molar-refractivity contribution in [3.63, 3.8) is 0 Å². The lowest BCUT2D eigenvalue weighted by molar-refractivity contribution is -0.140. The van der Waals surface area contributed by atoms with Crippen molar-refractivity contribution in [2.24, 2.45) is 0 Å². The number of carbonyl (C=O) groups is 1. The van der Waals surface area contributed by atoms with Gasteiger partial charge < -0.3 is 51.1 Å². The maximum absolute atomic E-state index is 9.26. The number of nitrogen functional groups attached to an aromatic ring is 2. The van der Waals surface area contributed by atoms with Crippen LogP contribution in [-0.2, 0) is 37.7 Å². The van der Waals surface area contributed by atoms with Gasteiger partial charge in [0.2, 0.25) is 0 Å². The minimum atomic E-state index is -1.19. The SMILES string of the molecule is N#CCCCBr.N#CCCCn1c(CO)nc2cc(Cl)ccc21.N#CCCCn1c(CO)nc2ccc(Cl)cc21.Nc1ccc(Cl)cc1N.O=C(O)CO.OCc1nc2ccc(Cl)cc2[nH]1. The van der Waals surface area contributed by atoms with Gasteiger partial charge in [0, 0.05) is 57.8 Å². The molecule has 0 spiro atoms. The second kappa shape index (κ2) is 31.3. The predicted molar refractivity (Wildman–Crippen MR) is 262 cm³/mol. The van der Waals surface area contributed by atoms with E-state index in [0.717, 1.165) is 57.7 Å². The Bertz CT molecular complexity index is 2730. The molecule has 4 aromatic carbocycles. The van der Waals surface area contributed by atoms with Crippen LogP contribution in [0.2, 0.25) is 20.1 Å². The van der Waals surface area contributed by atoms with Crippen LogP contribution in [-0.4, -0.2) is 72.5 Å². The van der Waals surface area contributed by atoms with Crippen LogP contribution in [0.4, 0.5) is 11.4 Å². The molecule has 10 N–H and O–H groups in total. The van der Waals surface area contributed by atoms with Gasteiger partial charge in [-0.25, -0.2) is 19.7 Å². The van der Waals surface area contributed by atoms with Crippen LogP contribution in [0, 0.1) is 34.0 Å². The summed E-state index contributed by atoms with van der Waals surface area (Å²) in [5.41, 5.74) is 17.0. The number of aliphatic carboxylic acids is 1. The zero-order chi connectivity index (χ0) is 49.0. The molecule has 0 amide bonds. The molecule has 7 rings (SSSR count). The molecule has 17 nitrogen and oxygen atoms in total. The average Bonchev–Trinajstić information content (AvgIpc) is 4.00. The van der Waals surface area contributed by atoms with Crippen molar-refractivity contribution in [2.75, 3.05) is 23.4 Å². The molecule has 0 bridgehead atoms. The summed E-state index contributed by atoms with van der Waals surface area (Å²) in [6.45, 7) is 0.270. The number of fused-ring (bicyclic) bond motifs is 3. The first-order valence-corrected chi connectivity index (χ1v) is 22.4. The summed E-state index contributed by atoms with van der Waals surface area (Å²) in [6.07, 6.45) is 4.12. The molecule has 0 radical (unpaired) electrons. The largest absolute Gasteiger partial charge is 0.480 e. The molecule has 22 heteroatoms. The number of nitrogens with two attached hydrogens (primary N) is 2. The van der Waals surface area contributed by atoms with Crippen LogP contribution in [0.1, 0.15) is 56.0 Å². The number of hydrogen-bond donors (Lipinski definition) is 8. The molecular weight excluding hydrogens is 1000 g/mol. The first kappa shape index (κ1) is 56.4. The number of aromatic amines is 1. The van der Waals surface area contributed by atoms with E-state index in [9.17, 15) is 10.2 Å². The van der Waals surface area contributed by atoms with Crippen LogP contribution in [0.5, 0.6) is 0 Å². The Balaban J connectivity index is 0.000000286. The fourth-order valence-electron chi connectivity index (χ4n) is 5.47. The predicted octanol–water partition coefficient (Wildman–Crippen LogP) is 8.93. The number of H-pyrrole nitrogens is 1. The molecule has 0 saturated carbocycles. The Hall–Kier alpha value is -5.69. The van der Waals surface area contributed by atoms with E-state index >= 15 is 0 Å². The number of rotatable bonds is 12. The van der Waals surface area contributed by atoms with Gasteiger partial charge in [-0.15, -0.1) is 0 Å². The lowest BCUT2D eigenvalue weighted by Gasteiger charge is -2.06. The smallest absolute Gasteiger partial charge is 0.329 e. The number of benzene rings is 4. The third kappa shape index (κ3) is 19.4. The highest BCUT2D eigenvalue weighted by molar-refractivity contribution is 9.09. The number of aromatic nitrogens is 6. The van der Waals surface area contributed by atoms with E-state index in [-0.39, 0.29) is 19.8 Å². The number of carboxylic acids is 1. The molecule has 3 aromatic heterocycles. The van der Waals surface area contributed by atoms with Gasteiger partial charge in [0.1, 0.15) is 43.9 Å². The van der Waals surface area contributed by atoms with Gasteiger partial charge in [-0.2, -0.15) is 15.8 Å². The summed E-state index contributed by atoms with van der Waals surface area (Å²) in [4.78, 5) is 24.8. The van der Waals surface area contributed by atoms with Crippen LogP contribution < -0.4 is 11.5 Å². The topological polar surface area (TPSA) is 306 Å². The Morgan fingerprint density at radius 1 is 0.621 bits per heavy atom. The van der Waals surface area contributed by atoms with Gasteiger partial charge in [-0.3, -0.25) is 0 Å².